The molecule has 1 amide bonds. The van der Waals surface area contributed by atoms with Gasteiger partial charge in [0.05, 0.1) is 11.5 Å². The third-order valence-electron chi connectivity index (χ3n) is 4.20. The van der Waals surface area contributed by atoms with Crippen LogP contribution in [0.15, 0.2) is 41.8 Å². The Morgan fingerprint density at radius 3 is 2.67 bits per heavy atom. The Kier molecular flexibility index (Phi) is 6.22. The molecule has 30 heavy (non-hydrogen) atoms. The number of nitrogens with zero attached hydrogens (tertiary/aromatic N) is 2. The van der Waals surface area contributed by atoms with Gasteiger partial charge in [-0.1, -0.05) is 12.1 Å². The van der Waals surface area contributed by atoms with E-state index in [-0.39, 0.29) is 23.6 Å². The number of ether oxygens (including phenoxy) is 1. The predicted molar refractivity (Wildman–Crippen MR) is 114 cm³/mol. The Morgan fingerprint density at radius 2 is 2.00 bits per heavy atom. The van der Waals surface area contributed by atoms with Crippen molar-refractivity contribution in [3.8, 4) is 11.1 Å². The van der Waals surface area contributed by atoms with Crippen molar-refractivity contribution in [2.24, 2.45) is 0 Å². The summed E-state index contributed by atoms with van der Waals surface area (Å²) < 4.78 is 5.16. The van der Waals surface area contributed by atoms with Crippen LogP contribution in [0.4, 0.5) is 10.7 Å². The number of rotatable bonds is 6. The lowest BCUT2D eigenvalue weighted by molar-refractivity contribution is -0.384. The molecule has 0 unspecified atom stereocenters. The highest BCUT2D eigenvalue weighted by atomic mass is 32.1. The molecular weight excluding hydrogens is 406 g/mol. The molecule has 0 saturated carbocycles. The van der Waals surface area contributed by atoms with Crippen LogP contribution in [-0.2, 0) is 4.74 Å². The van der Waals surface area contributed by atoms with E-state index >= 15 is 0 Å². The number of hydrogen-bond donors (Lipinski definition) is 1. The van der Waals surface area contributed by atoms with Crippen molar-refractivity contribution in [1.82, 2.24) is 4.98 Å². The number of nitrogens with one attached hydrogen (secondary N) is 1. The summed E-state index contributed by atoms with van der Waals surface area (Å²) in [7, 11) is 0. The highest BCUT2D eigenvalue weighted by molar-refractivity contribution is 7.15. The highest BCUT2D eigenvalue weighted by Crippen LogP contribution is 2.37. The van der Waals surface area contributed by atoms with E-state index < -0.39 is 16.8 Å². The Labute approximate surface area is 176 Å². The number of aryl methyl sites for hydroxylation is 2. The maximum atomic E-state index is 12.7. The van der Waals surface area contributed by atoms with Gasteiger partial charge in [-0.2, -0.15) is 0 Å². The van der Waals surface area contributed by atoms with Gasteiger partial charge in [-0.3, -0.25) is 14.9 Å². The van der Waals surface area contributed by atoms with Crippen LogP contribution in [0.2, 0.25) is 0 Å². The molecule has 8 nitrogen and oxygen atoms in total. The number of carbonyl (C=O) groups is 2. The lowest BCUT2D eigenvalue weighted by Gasteiger charge is -2.09. The Morgan fingerprint density at radius 1 is 1.23 bits per heavy atom. The molecular formula is C21H19N3O5S. The van der Waals surface area contributed by atoms with Crippen molar-refractivity contribution >= 4 is 33.9 Å². The van der Waals surface area contributed by atoms with Crippen molar-refractivity contribution in [3.63, 3.8) is 0 Å². The molecule has 0 bridgehead atoms. The number of pyridine rings is 1. The summed E-state index contributed by atoms with van der Waals surface area (Å²) in [6, 6.07) is 9.45. The van der Waals surface area contributed by atoms with Crippen molar-refractivity contribution in [2.45, 2.75) is 20.8 Å². The number of hydrogen-bond acceptors (Lipinski definition) is 7. The van der Waals surface area contributed by atoms with Crippen molar-refractivity contribution in [2.75, 3.05) is 11.9 Å². The number of esters is 1. The topological polar surface area (TPSA) is 111 Å². The zero-order valence-corrected chi connectivity index (χ0v) is 17.4. The average molecular weight is 425 g/mol. The van der Waals surface area contributed by atoms with Gasteiger partial charge >= 0.3 is 5.97 Å². The molecule has 154 valence electrons. The lowest BCUT2D eigenvalue weighted by atomic mass is 10.0. The minimum atomic E-state index is -0.621. The maximum absolute atomic E-state index is 12.7. The second-order valence-corrected chi connectivity index (χ2v) is 7.39. The number of anilines is 1. The average Bonchev–Trinajstić information content (AvgIpc) is 3.11. The van der Waals surface area contributed by atoms with Crippen LogP contribution in [0.5, 0.6) is 0 Å². The molecule has 0 saturated heterocycles. The molecule has 0 aliphatic carbocycles. The molecule has 2 heterocycles. The zero-order valence-electron chi connectivity index (χ0n) is 16.6. The number of aromatic nitrogens is 1. The summed E-state index contributed by atoms with van der Waals surface area (Å²) in [6.07, 6.45) is 0. The third-order valence-corrected chi connectivity index (χ3v) is 5.09. The maximum Gasteiger partial charge on any atom is 0.341 e. The molecule has 0 aliphatic heterocycles. The van der Waals surface area contributed by atoms with Crippen molar-refractivity contribution in [3.05, 3.63) is 74.4 Å². The number of nitro groups is 1. The van der Waals surface area contributed by atoms with Gasteiger partial charge < -0.3 is 10.1 Å². The van der Waals surface area contributed by atoms with Gasteiger partial charge in [-0.15, -0.1) is 11.3 Å². The summed E-state index contributed by atoms with van der Waals surface area (Å²) in [5.41, 5.74) is 2.81. The summed E-state index contributed by atoms with van der Waals surface area (Å²) in [4.78, 5) is 40.2. The summed E-state index contributed by atoms with van der Waals surface area (Å²) in [5, 5.41) is 15.8. The van der Waals surface area contributed by atoms with Gasteiger partial charge in [-0.05, 0) is 44.0 Å². The standard InChI is InChI=1S/C21H19N3O5S/c1-4-29-21(26)18-16(14-6-5-7-15(10-14)24(27)28)11-30-20(18)23-19(25)17-9-12(2)8-13(3)22-17/h5-11H,4H2,1-3H3,(H,23,25). The van der Waals surface area contributed by atoms with E-state index in [0.29, 0.717) is 21.8 Å². The highest BCUT2D eigenvalue weighted by Gasteiger charge is 2.24. The van der Waals surface area contributed by atoms with Gasteiger partial charge in [0.15, 0.2) is 0 Å². The van der Waals surface area contributed by atoms with E-state index in [1.165, 1.54) is 18.2 Å². The van der Waals surface area contributed by atoms with E-state index in [1.807, 2.05) is 13.0 Å². The normalized spacial score (nSPS) is 10.5. The number of thiophene rings is 1. The molecule has 0 aliphatic rings. The van der Waals surface area contributed by atoms with Crippen molar-refractivity contribution < 1.29 is 19.2 Å². The van der Waals surface area contributed by atoms with E-state index in [4.69, 9.17) is 4.74 Å². The Hall–Kier alpha value is -3.59. The van der Waals surface area contributed by atoms with E-state index in [1.54, 1.807) is 31.4 Å². The van der Waals surface area contributed by atoms with E-state index in [0.717, 1.165) is 16.9 Å². The summed E-state index contributed by atoms with van der Waals surface area (Å²) >= 11 is 1.14. The number of nitro benzene ring substituents is 1. The van der Waals surface area contributed by atoms with Crippen LogP contribution in [0.25, 0.3) is 11.1 Å². The van der Waals surface area contributed by atoms with Crippen molar-refractivity contribution in [1.29, 1.82) is 0 Å². The molecule has 1 aromatic carbocycles. The number of benzene rings is 1. The largest absolute Gasteiger partial charge is 0.462 e. The fourth-order valence-corrected chi connectivity index (χ4v) is 3.93. The monoisotopic (exact) mass is 425 g/mol. The molecule has 0 spiro atoms. The van der Waals surface area contributed by atoms with E-state index in [2.05, 4.69) is 10.3 Å². The first-order valence-corrected chi connectivity index (χ1v) is 9.98. The van der Waals surface area contributed by atoms with Gasteiger partial charge in [0.1, 0.15) is 16.3 Å². The second kappa shape index (κ2) is 8.83. The first kappa shape index (κ1) is 21.1. The number of carbonyl (C=O) groups excluding carboxylic acids is 2. The predicted octanol–water partition coefficient (Wildman–Crippen LogP) is 4.76. The van der Waals surface area contributed by atoms with Gasteiger partial charge in [0.2, 0.25) is 0 Å². The van der Waals surface area contributed by atoms with Gasteiger partial charge in [-0.25, -0.2) is 9.78 Å². The molecule has 1 N–H and O–H groups in total. The van der Waals surface area contributed by atoms with Crippen LogP contribution in [0, 0.1) is 24.0 Å². The first-order valence-electron chi connectivity index (χ1n) is 9.10. The summed E-state index contributed by atoms with van der Waals surface area (Å²) in [6.45, 7) is 5.48. The Balaban J connectivity index is 2.03. The van der Waals surface area contributed by atoms with Crippen LogP contribution < -0.4 is 5.32 Å². The van der Waals surface area contributed by atoms with Gasteiger partial charge in [0.25, 0.3) is 11.6 Å². The molecule has 3 aromatic rings. The Bertz CT molecular complexity index is 1120. The van der Waals surface area contributed by atoms with Crippen LogP contribution >= 0.6 is 11.3 Å². The van der Waals surface area contributed by atoms with Crippen LogP contribution in [-0.4, -0.2) is 28.4 Å². The third kappa shape index (κ3) is 4.52. The zero-order chi connectivity index (χ0) is 21.8. The molecule has 9 heteroatoms. The molecule has 0 atom stereocenters. The summed E-state index contributed by atoms with van der Waals surface area (Å²) in [5.74, 6) is -1.08. The molecule has 0 radical (unpaired) electrons. The minimum absolute atomic E-state index is 0.0986. The van der Waals surface area contributed by atoms with E-state index in [9.17, 15) is 19.7 Å². The minimum Gasteiger partial charge on any atom is -0.462 e. The van der Waals surface area contributed by atoms with Gasteiger partial charge in [0, 0.05) is 28.8 Å². The lowest BCUT2D eigenvalue weighted by Crippen LogP contribution is -2.16. The fourth-order valence-electron chi connectivity index (χ4n) is 2.98. The fraction of sp³-hybridized carbons (Fsp3) is 0.190. The molecule has 0 fully saturated rings. The first-order chi connectivity index (χ1) is 14.3. The number of amides is 1. The quantitative estimate of drug-likeness (QED) is 0.346. The number of non-ortho nitro benzene ring substituents is 1. The smallest absolute Gasteiger partial charge is 0.341 e. The molecule has 3 rings (SSSR count). The van der Waals surface area contributed by atoms with Crippen LogP contribution in [0.3, 0.4) is 0 Å². The second-order valence-electron chi connectivity index (χ2n) is 6.51. The molecule has 2 aromatic heterocycles. The SMILES string of the molecule is CCOC(=O)c1c(-c2cccc([N+](=O)[O-])c2)csc1NC(=O)c1cc(C)cc(C)n1. The van der Waals surface area contributed by atoms with Crippen LogP contribution in [0.1, 0.15) is 39.0 Å².